The molecule has 0 saturated carbocycles. The quantitative estimate of drug-likeness (QED) is 0.213. The van der Waals surface area contributed by atoms with Crippen LogP contribution in [0.5, 0.6) is 5.75 Å². The molecule has 4 unspecified atom stereocenters. The second-order valence-corrected chi connectivity index (χ2v) is 9.99. The second-order valence-electron chi connectivity index (χ2n) is 8.77. The second kappa shape index (κ2) is 12.3. The Kier molecular flexibility index (Phi) is 8.40. The van der Waals surface area contributed by atoms with Crippen LogP contribution in [0.1, 0.15) is 31.6 Å². The zero-order chi connectivity index (χ0) is 26.3. The standard InChI is InChI=1S/C26H29N6O5P/c1-18(26(33)34-14-19-8-4-2-5-9-19)31-38(37-20-10-6-3-7-11-20)35-15-21-12-13-22(36-21)32-17-30-23-24(27)28-16-29-25(23)32/h2-11,16-18,21-22,31H,12-15H2,1H3,(H2,27,28,29). The molecule has 1 aliphatic heterocycles. The van der Waals surface area contributed by atoms with Crippen molar-refractivity contribution >= 4 is 31.5 Å². The van der Waals surface area contributed by atoms with Gasteiger partial charge in [0, 0.05) is 0 Å². The van der Waals surface area contributed by atoms with Gasteiger partial charge in [0.15, 0.2) is 11.5 Å². The van der Waals surface area contributed by atoms with Crippen molar-refractivity contribution in [1.82, 2.24) is 24.6 Å². The number of nitrogens with two attached hydrogens (primary N) is 1. The van der Waals surface area contributed by atoms with Crippen molar-refractivity contribution in [3.63, 3.8) is 0 Å². The Morgan fingerprint density at radius 3 is 2.68 bits per heavy atom. The number of hydrogen-bond donors (Lipinski definition) is 2. The Bertz CT molecular complexity index is 1340. The fraction of sp³-hybridized carbons (Fsp3) is 0.308. The maximum absolute atomic E-state index is 12.6. The molecule has 12 heteroatoms. The maximum Gasteiger partial charge on any atom is 0.323 e. The molecule has 1 aliphatic rings. The Morgan fingerprint density at radius 1 is 1.13 bits per heavy atom. The minimum absolute atomic E-state index is 0.178. The summed E-state index contributed by atoms with van der Waals surface area (Å²) in [5.74, 6) is 0.563. The first-order valence-electron chi connectivity index (χ1n) is 12.3. The molecular formula is C26H29N6O5P. The molecule has 1 saturated heterocycles. The van der Waals surface area contributed by atoms with Crippen molar-refractivity contribution in [3.8, 4) is 5.75 Å². The zero-order valence-electron chi connectivity index (χ0n) is 20.8. The average molecular weight is 537 g/mol. The van der Waals surface area contributed by atoms with E-state index in [4.69, 9.17) is 24.3 Å². The highest BCUT2D eigenvalue weighted by Gasteiger charge is 2.30. The molecule has 3 heterocycles. The van der Waals surface area contributed by atoms with Crippen LogP contribution in [0.15, 0.2) is 73.3 Å². The summed E-state index contributed by atoms with van der Waals surface area (Å²) in [5.41, 5.74) is 8.00. The predicted octanol–water partition coefficient (Wildman–Crippen LogP) is 4.13. The van der Waals surface area contributed by atoms with Crippen LogP contribution in [-0.4, -0.2) is 44.2 Å². The first-order valence-corrected chi connectivity index (χ1v) is 13.5. The third-order valence-electron chi connectivity index (χ3n) is 5.97. The number of anilines is 1. The Balaban J connectivity index is 1.18. The minimum Gasteiger partial charge on any atom is -0.460 e. The van der Waals surface area contributed by atoms with Crippen LogP contribution >= 0.6 is 8.53 Å². The van der Waals surface area contributed by atoms with E-state index in [0.717, 1.165) is 18.4 Å². The Morgan fingerprint density at radius 2 is 1.89 bits per heavy atom. The first kappa shape index (κ1) is 26.0. The summed E-state index contributed by atoms with van der Waals surface area (Å²) in [6.45, 7) is 2.19. The van der Waals surface area contributed by atoms with E-state index in [2.05, 4.69) is 20.0 Å². The van der Waals surface area contributed by atoms with Crippen molar-refractivity contribution in [2.45, 2.75) is 44.7 Å². The van der Waals surface area contributed by atoms with E-state index in [-0.39, 0.29) is 25.5 Å². The van der Waals surface area contributed by atoms with Gasteiger partial charge in [0.1, 0.15) is 36.5 Å². The highest BCUT2D eigenvalue weighted by molar-refractivity contribution is 7.45. The molecule has 11 nitrogen and oxygen atoms in total. The van der Waals surface area contributed by atoms with Crippen LogP contribution in [0.2, 0.25) is 0 Å². The lowest BCUT2D eigenvalue weighted by atomic mass is 10.2. The molecule has 4 atom stereocenters. The molecule has 1 fully saturated rings. The summed E-state index contributed by atoms with van der Waals surface area (Å²) in [6.07, 6.45) is 4.19. The van der Waals surface area contributed by atoms with Gasteiger partial charge in [-0.2, -0.15) is 0 Å². The number of benzene rings is 2. The molecule has 5 rings (SSSR count). The number of aromatic nitrogens is 4. The number of fused-ring (bicyclic) bond motifs is 1. The van der Waals surface area contributed by atoms with E-state index in [0.29, 0.717) is 22.7 Å². The summed E-state index contributed by atoms with van der Waals surface area (Å²) < 4.78 is 25.7. The SMILES string of the molecule is CC(NP(OCC1CCC(n2cnc3c(N)ncnc32)O1)Oc1ccccc1)C(=O)OCc1ccccc1. The van der Waals surface area contributed by atoms with E-state index in [1.807, 2.05) is 65.2 Å². The molecule has 4 aromatic rings. The van der Waals surface area contributed by atoms with Crippen LogP contribution in [0.4, 0.5) is 5.82 Å². The number of ether oxygens (including phenoxy) is 2. The van der Waals surface area contributed by atoms with Crippen molar-refractivity contribution in [2.75, 3.05) is 12.3 Å². The normalized spacial score (nSPS) is 18.8. The fourth-order valence-electron chi connectivity index (χ4n) is 3.98. The smallest absolute Gasteiger partial charge is 0.323 e. The molecular weight excluding hydrogens is 507 g/mol. The first-order chi connectivity index (χ1) is 18.6. The third kappa shape index (κ3) is 6.43. The molecule has 0 radical (unpaired) electrons. The Hall–Kier alpha value is -3.63. The number of esters is 1. The van der Waals surface area contributed by atoms with Gasteiger partial charge >= 0.3 is 14.5 Å². The number of imidazole rings is 1. The fourth-order valence-corrected chi connectivity index (χ4v) is 5.19. The molecule has 38 heavy (non-hydrogen) atoms. The van der Waals surface area contributed by atoms with E-state index in [9.17, 15) is 4.79 Å². The monoisotopic (exact) mass is 536 g/mol. The van der Waals surface area contributed by atoms with Crippen LogP contribution in [0.25, 0.3) is 11.2 Å². The van der Waals surface area contributed by atoms with Gasteiger partial charge in [-0.05, 0) is 37.5 Å². The number of nitrogens with one attached hydrogen (secondary N) is 1. The van der Waals surface area contributed by atoms with E-state index >= 15 is 0 Å². The molecule has 0 spiro atoms. The van der Waals surface area contributed by atoms with Crippen LogP contribution in [0.3, 0.4) is 0 Å². The molecule has 2 aromatic carbocycles. The topological polar surface area (TPSA) is 136 Å². The van der Waals surface area contributed by atoms with Gasteiger partial charge < -0.3 is 24.3 Å². The molecule has 0 bridgehead atoms. The third-order valence-corrected chi connectivity index (χ3v) is 7.33. The van der Waals surface area contributed by atoms with Crippen LogP contribution in [-0.2, 0) is 25.4 Å². The molecule has 198 valence electrons. The van der Waals surface area contributed by atoms with Crippen molar-refractivity contribution in [1.29, 1.82) is 0 Å². The number of nitrogens with zero attached hydrogens (tertiary/aromatic N) is 4. The van der Waals surface area contributed by atoms with Crippen molar-refractivity contribution in [3.05, 3.63) is 78.9 Å². The lowest BCUT2D eigenvalue weighted by Crippen LogP contribution is -2.34. The largest absolute Gasteiger partial charge is 0.460 e. The highest BCUT2D eigenvalue weighted by Crippen LogP contribution is 2.38. The molecule has 2 aromatic heterocycles. The predicted molar refractivity (Wildman–Crippen MR) is 142 cm³/mol. The summed E-state index contributed by atoms with van der Waals surface area (Å²) in [5, 5.41) is 3.14. The van der Waals surface area contributed by atoms with Crippen molar-refractivity contribution in [2.24, 2.45) is 0 Å². The number of hydrogen-bond acceptors (Lipinski definition) is 10. The number of rotatable bonds is 11. The van der Waals surface area contributed by atoms with Crippen LogP contribution in [0, 0.1) is 0 Å². The summed E-state index contributed by atoms with van der Waals surface area (Å²) in [7, 11) is -1.67. The van der Waals surface area contributed by atoms with Gasteiger partial charge in [0.05, 0.1) is 19.0 Å². The van der Waals surface area contributed by atoms with E-state index in [1.165, 1.54) is 6.33 Å². The summed E-state index contributed by atoms with van der Waals surface area (Å²) in [6, 6.07) is 18.2. The van der Waals surface area contributed by atoms with Gasteiger partial charge in [0.2, 0.25) is 0 Å². The van der Waals surface area contributed by atoms with Crippen LogP contribution < -0.4 is 15.3 Å². The lowest BCUT2D eigenvalue weighted by molar-refractivity contribution is -0.146. The van der Waals surface area contributed by atoms with Gasteiger partial charge in [-0.15, -0.1) is 0 Å². The number of carbonyl (C=O) groups excluding carboxylic acids is 1. The molecule has 3 N–H and O–H groups in total. The van der Waals surface area contributed by atoms with E-state index in [1.54, 1.807) is 13.3 Å². The average Bonchev–Trinajstić information content (AvgIpc) is 3.59. The van der Waals surface area contributed by atoms with Gasteiger partial charge in [-0.1, -0.05) is 48.5 Å². The van der Waals surface area contributed by atoms with Gasteiger partial charge in [0.25, 0.3) is 0 Å². The number of para-hydroxylation sites is 1. The van der Waals surface area contributed by atoms with Gasteiger partial charge in [-0.3, -0.25) is 9.36 Å². The van der Waals surface area contributed by atoms with Gasteiger partial charge in [-0.25, -0.2) is 20.0 Å². The Labute approximate surface area is 221 Å². The summed E-state index contributed by atoms with van der Waals surface area (Å²) in [4.78, 5) is 25.2. The lowest BCUT2D eigenvalue weighted by Gasteiger charge is -2.23. The van der Waals surface area contributed by atoms with Crippen molar-refractivity contribution < 1.29 is 23.3 Å². The molecule has 0 amide bonds. The number of nitrogen functional groups attached to an aromatic ring is 1. The zero-order valence-corrected chi connectivity index (χ0v) is 21.7. The maximum atomic E-state index is 12.6. The van der Waals surface area contributed by atoms with E-state index < -0.39 is 20.5 Å². The highest BCUT2D eigenvalue weighted by atomic mass is 31.2. The summed E-state index contributed by atoms with van der Waals surface area (Å²) >= 11 is 0. The minimum atomic E-state index is -1.67. The molecule has 0 aliphatic carbocycles. The number of carbonyl (C=O) groups is 1.